The fourth-order valence-corrected chi connectivity index (χ4v) is 4.32. The molecule has 1 unspecified atom stereocenters. The fraction of sp³-hybridized carbons (Fsp3) is 0.562. The van der Waals surface area contributed by atoms with E-state index in [1.807, 2.05) is 0 Å². The SMILES string of the molecule is CC(=O)CC1=C(C(=O)O)N2C(=O)C(NC(=O)CCC[C@@H](N)C(=O)O)[C@H]2SC1. The summed E-state index contributed by atoms with van der Waals surface area (Å²) in [5, 5.41) is 20.1. The number of fused-ring (bicyclic) bond motifs is 1. The fourth-order valence-electron chi connectivity index (χ4n) is 2.97. The predicted molar refractivity (Wildman–Crippen MR) is 94.4 cm³/mol. The Balaban J connectivity index is 1.96. The molecular formula is C16H21N3O7S. The Kier molecular flexibility index (Phi) is 6.60. The first-order valence-corrected chi connectivity index (χ1v) is 9.35. The largest absolute Gasteiger partial charge is 0.480 e. The van der Waals surface area contributed by atoms with E-state index in [4.69, 9.17) is 10.8 Å². The Morgan fingerprint density at radius 3 is 2.56 bits per heavy atom. The second-order valence-corrected chi connectivity index (χ2v) is 7.53. The molecule has 0 saturated carbocycles. The number of nitrogens with two attached hydrogens (primary N) is 1. The third kappa shape index (κ3) is 4.66. The van der Waals surface area contributed by atoms with Crippen LogP contribution in [0.3, 0.4) is 0 Å². The second-order valence-electron chi connectivity index (χ2n) is 6.43. The average Bonchev–Trinajstić information content (AvgIpc) is 2.58. The first kappa shape index (κ1) is 20.9. The number of Topliss-reactive ketones (excluding diaryl/α,β-unsaturated/α-hetero) is 1. The highest BCUT2D eigenvalue weighted by atomic mass is 32.2. The van der Waals surface area contributed by atoms with Crippen molar-refractivity contribution < 1.29 is 34.2 Å². The molecule has 0 aromatic carbocycles. The van der Waals surface area contributed by atoms with E-state index in [0.717, 1.165) is 4.90 Å². The number of carboxylic acids is 2. The van der Waals surface area contributed by atoms with Crippen molar-refractivity contribution in [3.05, 3.63) is 11.3 Å². The van der Waals surface area contributed by atoms with Gasteiger partial charge in [-0.05, 0) is 25.3 Å². The number of hydrogen-bond acceptors (Lipinski definition) is 7. The Bertz CT molecular complexity index is 721. The van der Waals surface area contributed by atoms with Crippen LogP contribution in [0.25, 0.3) is 0 Å². The molecular weight excluding hydrogens is 378 g/mol. The van der Waals surface area contributed by atoms with Crippen LogP contribution in [-0.2, 0) is 24.0 Å². The van der Waals surface area contributed by atoms with Gasteiger partial charge in [0.15, 0.2) is 0 Å². The molecule has 1 saturated heterocycles. The summed E-state index contributed by atoms with van der Waals surface area (Å²) in [6, 6.07) is -1.89. The van der Waals surface area contributed by atoms with Crippen LogP contribution >= 0.6 is 11.8 Å². The number of thioether (sulfide) groups is 1. The van der Waals surface area contributed by atoms with Gasteiger partial charge in [-0.25, -0.2) is 4.79 Å². The van der Waals surface area contributed by atoms with Crippen LogP contribution < -0.4 is 11.1 Å². The highest BCUT2D eigenvalue weighted by Gasteiger charge is 2.54. The summed E-state index contributed by atoms with van der Waals surface area (Å²) in [4.78, 5) is 59.0. The lowest BCUT2D eigenvalue weighted by molar-refractivity contribution is -0.150. The van der Waals surface area contributed by atoms with Crippen molar-refractivity contribution in [1.29, 1.82) is 0 Å². The van der Waals surface area contributed by atoms with Gasteiger partial charge in [-0.3, -0.25) is 24.1 Å². The Morgan fingerprint density at radius 1 is 1.33 bits per heavy atom. The Hall–Kier alpha value is -2.40. The topological polar surface area (TPSA) is 167 Å². The monoisotopic (exact) mass is 399 g/mol. The summed E-state index contributed by atoms with van der Waals surface area (Å²) >= 11 is 1.29. The zero-order chi connectivity index (χ0) is 20.3. The summed E-state index contributed by atoms with van der Waals surface area (Å²) in [5.74, 6) is -3.30. The van der Waals surface area contributed by atoms with Gasteiger partial charge in [0.2, 0.25) is 5.91 Å². The summed E-state index contributed by atoms with van der Waals surface area (Å²) in [6.45, 7) is 1.35. The predicted octanol–water partition coefficient (Wildman–Crippen LogP) is -0.714. The number of β-lactam (4-membered cyclic amide) rings is 1. The maximum Gasteiger partial charge on any atom is 0.352 e. The van der Waals surface area contributed by atoms with E-state index in [-0.39, 0.29) is 42.9 Å². The molecule has 27 heavy (non-hydrogen) atoms. The highest BCUT2D eigenvalue weighted by Crippen LogP contribution is 2.41. The summed E-state index contributed by atoms with van der Waals surface area (Å²) in [7, 11) is 0. The van der Waals surface area contributed by atoms with Crippen molar-refractivity contribution in [2.24, 2.45) is 5.73 Å². The summed E-state index contributed by atoms with van der Waals surface area (Å²) in [5.41, 5.74) is 5.56. The van der Waals surface area contributed by atoms with E-state index < -0.39 is 41.2 Å². The minimum absolute atomic E-state index is 0.0133. The molecule has 2 amide bonds. The van der Waals surface area contributed by atoms with E-state index in [2.05, 4.69) is 5.32 Å². The van der Waals surface area contributed by atoms with E-state index in [1.165, 1.54) is 18.7 Å². The molecule has 0 spiro atoms. The number of aliphatic carboxylic acids is 2. The summed E-state index contributed by atoms with van der Waals surface area (Å²) in [6.07, 6.45) is 0.363. The quantitative estimate of drug-likeness (QED) is 0.366. The molecule has 3 atom stereocenters. The van der Waals surface area contributed by atoms with Crippen molar-refractivity contribution in [3.63, 3.8) is 0 Å². The normalized spacial score (nSPS) is 22.6. The van der Waals surface area contributed by atoms with Gasteiger partial charge in [0, 0.05) is 18.6 Å². The van der Waals surface area contributed by atoms with Crippen molar-refractivity contribution in [1.82, 2.24) is 10.2 Å². The third-order valence-electron chi connectivity index (χ3n) is 4.26. The van der Waals surface area contributed by atoms with Crippen LogP contribution in [0.2, 0.25) is 0 Å². The number of ketones is 1. The highest BCUT2D eigenvalue weighted by molar-refractivity contribution is 8.00. The number of rotatable bonds is 9. The molecule has 0 radical (unpaired) electrons. The van der Waals surface area contributed by atoms with E-state index in [1.54, 1.807) is 0 Å². The Labute approximate surface area is 159 Å². The van der Waals surface area contributed by atoms with Crippen LogP contribution in [0.5, 0.6) is 0 Å². The lowest BCUT2D eigenvalue weighted by Gasteiger charge is -2.49. The maximum atomic E-state index is 12.4. The first-order valence-electron chi connectivity index (χ1n) is 8.30. The van der Waals surface area contributed by atoms with Crippen molar-refractivity contribution >= 4 is 41.3 Å². The number of carbonyl (C=O) groups excluding carboxylic acids is 3. The van der Waals surface area contributed by atoms with Gasteiger partial charge in [-0.15, -0.1) is 11.8 Å². The minimum atomic E-state index is -1.28. The van der Waals surface area contributed by atoms with Crippen LogP contribution in [0, 0.1) is 0 Å². The van der Waals surface area contributed by atoms with E-state index in [9.17, 15) is 29.1 Å². The van der Waals surface area contributed by atoms with Gasteiger partial charge in [-0.2, -0.15) is 0 Å². The van der Waals surface area contributed by atoms with Gasteiger partial charge in [0.25, 0.3) is 5.91 Å². The van der Waals surface area contributed by atoms with Gasteiger partial charge < -0.3 is 21.3 Å². The molecule has 2 aliphatic rings. The molecule has 11 heteroatoms. The molecule has 148 valence electrons. The van der Waals surface area contributed by atoms with Gasteiger partial charge in [0.05, 0.1) is 0 Å². The van der Waals surface area contributed by atoms with Crippen LogP contribution in [-0.4, -0.2) is 67.9 Å². The maximum absolute atomic E-state index is 12.4. The first-order chi connectivity index (χ1) is 12.6. The molecule has 0 aromatic rings. The summed E-state index contributed by atoms with van der Waals surface area (Å²) < 4.78 is 0. The number of carboxylic acid groups (broad SMARTS) is 2. The molecule has 2 rings (SSSR count). The minimum Gasteiger partial charge on any atom is -0.480 e. The average molecular weight is 399 g/mol. The van der Waals surface area contributed by atoms with Gasteiger partial charge >= 0.3 is 11.9 Å². The second kappa shape index (κ2) is 8.53. The Morgan fingerprint density at radius 2 is 2.00 bits per heavy atom. The number of nitrogens with one attached hydrogen (secondary N) is 1. The lowest BCUT2D eigenvalue weighted by atomic mass is 10.0. The van der Waals surface area contributed by atoms with Crippen molar-refractivity contribution in [2.75, 3.05) is 5.75 Å². The van der Waals surface area contributed by atoms with Crippen LogP contribution in [0.4, 0.5) is 0 Å². The standard InChI is InChI=1S/C16H21N3O7S/c1-7(20)5-8-6-27-14-11(13(22)19(14)12(8)16(25)26)18-10(21)4-2-3-9(17)15(23)24/h9,11,14H,2-6,17H2,1H3,(H,18,21)(H,23,24)(H,25,26)/t9-,11?,14-/m1/s1. The number of hydrogen-bond donors (Lipinski definition) is 4. The van der Waals surface area contributed by atoms with E-state index >= 15 is 0 Å². The number of amides is 2. The third-order valence-corrected chi connectivity index (χ3v) is 5.60. The molecule has 0 aliphatic carbocycles. The number of carbonyl (C=O) groups is 5. The molecule has 5 N–H and O–H groups in total. The molecule has 2 aliphatic heterocycles. The van der Waals surface area contributed by atoms with Gasteiger partial charge in [-0.1, -0.05) is 0 Å². The van der Waals surface area contributed by atoms with Gasteiger partial charge in [0.1, 0.15) is 28.9 Å². The van der Waals surface area contributed by atoms with Crippen LogP contribution in [0.1, 0.15) is 32.6 Å². The number of nitrogens with zero attached hydrogens (tertiary/aromatic N) is 1. The van der Waals surface area contributed by atoms with Crippen molar-refractivity contribution in [2.45, 2.75) is 50.1 Å². The zero-order valence-electron chi connectivity index (χ0n) is 14.6. The molecule has 1 fully saturated rings. The molecule has 0 bridgehead atoms. The molecule has 0 aromatic heterocycles. The van der Waals surface area contributed by atoms with E-state index in [0.29, 0.717) is 5.57 Å². The van der Waals surface area contributed by atoms with Crippen LogP contribution in [0.15, 0.2) is 11.3 Å². The lowest BCUT2D eigenvalue weighted by Crippen LogP contribution is -2.70. The smallest absolute Gasteiger partial charge is 0.352 e. The molecule has 2 heterocycles. The molecule has 10 nitrogen and oxygen atoms in total. The zero-order valence-corrected chi connectivity index (χ0v) is 15.5. The van der Waals surface area contributed by atoms with Crippen molar-refractivity contribution in [3.8, 4) is 0 Å².